The van der Waals surface area contributed by atoms with Crippen molar-refractivity contribution < 1.29 is 18.4 Å². The fourth-order valence-corrected chi connectivity index (χ4v) is 2.95. The van der Waals surface area contributed by atoms with Gasteiger partial charge in [-0.3, -0.25) is 0 Å². The van der Waals surface area contributed by atoms with Crippen LogP contribution < -0.4 is 0 Å². The molecular weight excluding hydrogens is 205 g/mol. The van der Waals surface area contributed by atoms with Gasteiger partial charge in [0.2, 0.25) is 0 Å². The highest BCUT2D eigenvalue weighted by atomic mass is 31.2. The Hall–Kier alpha value is -0.380. The third-order valence-electron chi connectivity index (χ3n) is 2.54. The lowest BCUT2D eigenvalue weighted by molar-refractivity contribution is -0.529. The summed E-state index contributed by atoms with van der Waals surface area (Å²) in [6.07, 6.45) is 1.14. The number of rotatable bonds is 3. The lowest BCUT2D eigenvalue weighted by atomic mass is 10.0. The molecule has 6 heteroatoms. The third kappa shape index (κ3) is 1.72. The molecule has 0 aromatic rings. The van der Waals surface area contributed by atoms with Crippen molar-refractivity contribution in [3.8, 4) is 0 Å². The normalized spacial score (nSPS) is 21.7. The quantitative estimate of drug-likeness (QED) is 0.415. The van der Waals surface area contributed by atoms with Gasteiger partial charge in [-0.15, -0.1) is 0 Å². The van der Waals surface area contributed by atoms with E-state index in [4.69, 9.17) is 9.05 Å². The van der Waals surface area contributed by atoms with E-state index in [0.717, 1.165) is 4.74 Å². The predicted molar refractivity (Wildman–Crippen MR) is 53.6 cm³/mol. The van der Waals surface area contributed by atoms with E-state index < -0.39 is 13.1 Å². The van der Waals surface area contributed by atoms with Gasteiger partial charge < -0.3 is 14.3 Å². The lowest BCUT2D eigenvalue weighted by Crippen LogP contribution is -2.29. The molecule has 0 aromatic carbocycles. The van der Waals surface area contributed by atoms with E-state index in [1.165, 1.54) is 14.2 Å². The van der Waals surface area contributed by atoms with Gasteiger partial charge in [-0.25, -0.2) is 4.57 Å². The second-order valence-electron chi connectivity index (χ2n) is 3.89. The Balaban J connectivity index is 3.12. The molecule has 1 heterocycles. The van der Waals surface area contributed by atoms with Crippen molar-refractivity contribution in [2.75, 3.05) is 14.2 Å². The van der Waals surface area contributed by atoms with Crippen LogP contribution in [0.1, 0.15) is 26.7 Å². The van der Waals surface area contributed by atoms with Gasteiger partial charge in [-0.1, -0.05) is 0 Å². The zero-order valence-corrected chi connectivity index (χ0v) is 9.84. The molecular formula is C8H16NO4P. The first-order valence-corrected chi connectivity index (χ1v) is 5.97. The van der Waals surface area contributed by atoms with E-state index in [1.54, 1.807) is 0 Å². The molecule has 1 rings (SSSR count). The zero-order chi connectivity index (χ0) is 11.0. The van der Waals surface area contributed by atoms with Gasteiger partial charge in [-0.2, -0.15) is 4.74 Å². The first kappa shape index (κ1) is 11.7. The van der Waals surface area contributed by atoms with Crippen LogP contribution in [0, 0.1) is 5.21 Å². The van der Waals surface area contributed by atoms with Gasteiger partial charge in [0.25, 0.3) is 5.45 Å². The summed E-state index contributed by atoms with van der Waals surface area (Å²) >= 11 is 0. The SMILES string of the molecule is COP(=O)(OC)C1=[N+]([O-])C(C)(C)CC1. The predicted octanol–water partition coefficient (Wildman–Crippen LogP) is 1.95. The Morgan fingerprint density at radius 1 is 1.43 bits per heavy atom. The molecule has 0 unspecified atom stereocenters. The Kier molecular flexibility index (Phi) is 3.04. The van der Waals surface area contributed by atoms with Crippen LogP contribution in [-0.4, -0.2) is 30.0 Å². The highest BCUT2D eigenvalue weighted by Gasteiger charge is 2.47. The van der Waals surface area contributed by atoms with E-state index in [9.17, 15) is 9.77 Å². The average Bonchev–Trinajstić information content (AvgIpc) is 2.42. The van der Waals surface area contributed by atoms with Crippen LogP contribution in [0.15, 0.2) is 0 Å². The summed E-state index contributed by atoms with van der Waals surface area (Å²) in [5, 5.41) is 11.7. The molecule has 5 nitrogen and oxygen atoms in total. The van der Waals surface area contributed by atoms with Gasteiger partial charge in [-0.05, 0) is 0 Å². The molecule has 0 amide bonds. The molecule has 0 spiro atoms. The number of hydrogen-bond acceptors (Lipinski definition) is 4. The van der Waals surface area contributed by atoms with Crippen LogP contribution in [-0.2, 0) is 13.6 Å². The summed E-state index contributed by atoms with van der Waals surface area (Å²) in [5.74, 6) is 0. The summed E-state index contributed by atoms with van der Waals surface area (Å²) in [6.45, 7) is 3.62. The van der Waals surface area contributed by atoms with Gasteiger partial charge in [0, 0.05) is 40.9 Å². The number of hydroxylamine groups is 1. The molecule has 0 fully saturated rings. The highest BCUT2D eigenvalue weighted by Crippen LogP contribution is 2.52. The van der Waals surface area contributed by atoms with Crippen molar-refractivity contribution in [1.29, 1.82) is 0 Å². The summed E-state index contributed by atoms with van der Waals surface area (Å²) in [7, 11) is -0.758. The molecule has 0 saturated heterocycles. The van der Waals surface area contributed by atoms with Crippen LogP contribution in [0.4, 0.5) is 0 Å². The minimum atomic E-state index is -3.33. The molecule has 0 saturated carbocycles. The molecule has 82 valence electrons. The molecule has 0 N–H and O–H groups in total. The number of nitrogens with zero attached hydrogens (tertiary/aromatic N) is 1. The van der Waals surface area contributed by atoms with Gasteiger partial charge >= 0.3 is 7.60 Å². The van der Waals surface area contributed by atoms with Crippen LogP contribution in [0.25, 0.3) is 0 Å². The largest absolute Gasteiger partial charge is 0.623 e. The molecule has 1 aliphatic rings. The molecule has 0 bridgehead atoms. The van der Waals surface area contributed by atoms with Crippen LogP contribution >= 0.6 is 7.60 Å². The van der Waals surface area contributed by atoms with E-state index in [-0.39, 0.29) is 5.45 Å². The van der Waals surface area contributed by atoms with Gasteiger partial charge in [0.05, 0.1) is 0 Å². The maximum Gasteiger partial charge on any atom is 0.420 e. The van der Waals surface area contributed by atoms with E-state index in [0.29, 0.717) is 12.8 Å². The smallest absolute Gasteiger partial charge is 0.420 e. The van der Waals surface area contributed by atoms with Gasteiger partial charge in [0.1, 0.15) is 0 Å². The summed E-state index contributed by atoms with van der Waals surface area (Å²) < 4.78 is 22.3. The highest BCUT2D eigenvalue weighted by molar-refractivity contribution is 7.71. The monoisotopic (exact) mass is 221 g/mol. The molecule has 0 atom stereocenters. The zero-order valence-electron chi connectivity index (χ0n) is 8.94. The first-order valence-electron chi connectivity index (χ1n) is 4.42. The van der Waals surface area contributed by atoms with E-state index in [2.05, 4.69) is 0 Å². The van der Waals surface area contributed by atoms with Crippen molar-refractivity contribution in [2.24, 2.45) is 0 Å². The van der Waals surface area contributed by atoms with Gasteiger partial charge in [0.15, 0.2) is 5.54 Å². The minimum Gasteiger partial charge on any atom is -0.623 e. The van der Waals surface area contributed by atoms with Crippen molar-refractivity contribution in [2.45, 2.75) is 32.2 Å². The Bertz CT molecular complexity index is 302. The van der Waals surface area contributed by atoms with Crippen LogP contribution in [0.2, 0.25) is 0 Å². The maximum atomic E-state index is 11.9. The second kappa shape index (κ2) is 3.65. The summed E-state index contributed by atoms with van der Waals surface area (Å²) in [5.41, 5.74) is -0.283. The summed E-state index contributed by atoms with van der Waals surface area (Å²) in [6, 6.07) is 0. The van der Waals surface area contributed by atoms with Crippen molar-refractivity contribution >= 4 is 13.0 Å². The van der Waals surface area contributed by atoms with Crippen LogP contribution in [0.5, 0.6) is 0 Å². The molecule has 1 aliphatic heterocycles. The molecule has 14 heavy (non-hydrogen) atoms. The van der Waals surface area contributed by atoms with Crippen molar-refractivity contribution in [3.63, 3.8) is 0 Å². The average molecular weight is 221 g/mol. The number of hydrogen-bond donors (Lipinski definition) is 0. The Morgan fingerprint density at radius 3 is 2.21 bits per heavy atom. The first-order chi connectivity index (χ1) is 6.37. The lowest BCUT2D eigenvalue weighted by Gasteiger charge is -2.19. The minimum absolute atomic E-state index is 0.229. The molecule has 0 aliphatic carbocycles. The molecule has 0 radical (unpaired) electrons. The Morgan fingerprint density at radius 2 is 1.93 bits per heavy atom. The van der Waals surface area contributed by atoms with Crippen molar-refractivity contribution in [3.05, 3.63) is 5.21 Å². The summed E-state index contributed by atoms with van der Waals surface area (Å²) in [4.78, 5) is 0. The third-order valence-corrected chi connectivity index (χ3v) is 4.54. The van der Waals surface area contributed by atoms with Crippen LogP contribution in [0.3, 0.4) is 0 Å². The second-order valence-corrected chi connectivity index (χ2v) is 6.13. The maximum absolute atomic E-state index is 11.9. The van der Waals surface area contributed by atoms with Crippen molar-refractivity contribution in [1.82, 2.24) is 0 Å². The van der Waals surface area contributed by atoms with E-state index >= 15 is 0 Å². The topological polar surface area (TPSA) is 61.6 Å². The molecule has 0 aromatic heterocycles. The Labute approximate surface area is 83.8 Å². The standard InChI is InChI=1S/C8H16NO4P/c1-8(2)6-5-7(9(8)10)14(11,12-3)13-4/h5-6H2,1-4H3. The van der Waals surface area contributed by atoms with E-state index in [1.807, 2.05) is 13.8 Å². The fraction of sp³-hybridized carbons (Fsp3) is 0.875. The fourth-order valence-electron chi connectivity index (χ4n) is 1.50.